The monoisotopic (exact) mass is 344 g/mol. The van der Waals surface area contributed by atoms with Gasteiger partial charge in [-0.15, -0.1) is 0 Å². The Kier molecular flexibility index (Phi) is 5.74. The second-order valence-corrected chi connectivity index (χ2v) is 6.40. The summed E-state index contributed by atoms with van der Waals surface area (Å²) in [7, 11) is 0. The van der Waals surface area contributed by atoms with Gasteiger partial charge >= 0.3 is 12.2 Å². The number of carbonyl (C=O) groups is 1. The van der Waals surface area contributed by atoms with Crippen molar-refractivity contribution in [3.63, 3.8) is 0 Å². The molecule has 134 valence electrons. The molecule has 1 unspecified atom stereocenters. The van der Waals surface area contributed by atoms with Gasteiger partial charge in [0.1, 0.15) is 0 Å². The maximum absolute atomic E-state index is 12.5. The number of piperidine rings is 1. The molecule has 1 aliphatic rings. The third kappa shape index (κ3) is 4.63. The maximum atomic E-state index is 12.5. The lowest BCUT2D eigenvalue weighted by Gasteiger charge is -2.34. The Hall–Kier alpha value is -1.76. The lowest BCUT2D eigenvalue weighted by molar-refractivity contribution is -0.222. The summed E-state index contributed by atoms with van der Waals surface area (Å²) in [6, 6.07) is 5.68. The van der Waals surface area contributed by atoms with Crippen molar-refractivity contribution < 1.29 is 23.1 Å². The van der Waals surface area contributed by atoms with Crippen LogP contribution in [0.4, 0.5) is 18.0 Å². The van der Waals surface area contributed by atoms with E-state index >= 15 is 0 Å². The molecule has 1 aromatic carbocycles. The molecule has 7 heteroatoms. The van der Waals surface area contributed by atoms with Crippen LogP contribution in [0.25, 0.3) is 0 Å². The second kappa shape index (κ2) is 7.42. The molecule has 1 aliphatic heterocycles. The molecule has 4 nitrogen and oxygen atoms in total. The predicted molar refractivity (Wildman–Crippen MR) is 84.5 cm³/mol. The molecule has 0 aliphatic carbocycles. The molecular formula is C17H23F3N2O2. The Morgan fingerprint density at radius 2 is 1.96 bits per heavy atom. The third-order valence-corrected chi connectivity index (χ3v) is 4.54. The van der Waals surface area contributed by atoms with E-state index in [4.69, 9.17) is 0 Å². The van der Waals surface area contributed by atoms with E-state index in [0.717, 1.165) is 16.7 Å². The number of benzene rings is 1. The first kappa shape index (κ1) is 18.6. The van der Waals surface area contributed by atoms with Crippen molar-refractivity contribution in [2.24, 2.45) is 5.92 Å². The fourth-order valence-electron chi connectivity index (χ4n) is 3.01. The van der Waals surface area contributed by atoms with Gasteiger partial charge in [-0.3, -0.25) is 0 Å². The molecule has 0 radical (unpaired) electrons. The third-order valence-electron chi connectivity index (χ3n) is 4.54. The number of alkyl halides is 3. The van der Waals surface area contributed by atoms with E-state index in [1.54, 1.807) is 0 Å². The number of nitrogens with zero attached hydrogens (tertiary/aromatic N) is 1. The van der Waals surface area contributed by atoms with Crippen LogP contribution in [0.2, 0.25) is 0 Å². The van der Waals surface area contributed by atoms with Crippen molar-refractivity contribution in [3.05, 3.63) is 34.9 Å². The molecule has 1 fully saturated rings. The van der Waals surface area contributed by atoms with Crippen LogP contribution in [-0.4, -0.2) is 41.4 Å². The molecule has 1 atom stereocenters. The van der Waals surface area contributed by atoms with Crippen molar-refractivity contribution >= 4 is 6.03 Å². The Morgan fingerprint density at radius 3 is 2.50 bits per heavy atom. The normalized spacial score (nSPS) is 17.7. The standard InChI is InChI=1S/C17H23F3N2O2/c1-11-3-4-14(12(2)9-11)10-21-16(24)22-7-5-13(6-8-22)15(23)17(18,19)20/h3-4,9,13,15,23H,5-8,10H2,1-2H3,(H,21,24). The predicted octanol–water partition coefficient (Wildman–Crippen LogP) is 3.15. The number of hydrogen-bond acceptors (Lipinski definition) is 2. The summed E-state index contributed by atoms with van der Waals surface area (Å²) >= 11 is 0. The van der Waals surface area contributed by atoms with Gasteiger partial charge in [-0.1, -0.05) is 23.8 Å². The molecular weight excluding hydrogens is 321 g/mol. The number of amides is 2. The molecule has 1 heterocycles. The van der Waals surface area contributed by atoms with Crippen molar-refractivity contribution in [1.82, 2.24) is 10.2 Å². The van der Waals surface area contributed by atoms with Gasteiger partial charge in [0, 0.05) is 19.6 Å². The van der Waals surface area contributed by atoms with Crippen LogP contribution < -0.4 is 5.32 Å². The molecule has 24 heavy (non-hydrogen) atoms. The van der Waals surface area contributed by atoms with E-state index in [2.05, 4.69) is 5.32 Å². The highest BCUT2D eigenvalue weighted by molar-refractivity contribution is 5.74. The van der Waals surface area contributed by atoms with Gasteiger partial charge in [-0.05, 0) is 43.7 Å². The highest BCUT2D eigenvalue weighted by Gasteiger charge is 2.44. The average Bonchev–Trinajstić information content (AvgIpc) is 2.52. The highest BCUT2D eigenvalue weighted by atomic mass is 19.4. The Morgan fingerprint density at radius 1 is 1.33 bits per heavy atom. The quantitative estimate of drug-likeness (QED) is 0.885. The first-order valence-electron chi connectivity index (χ1n) is 8.02. The summed E-state index contributed by atoms with van der Waals surface area (Å²) in [5.74, 6) is -0.839. The van der Waals surface area contributed by atoms with Crippen LogP contribution in [0.1, 0.15) is 29.5 Å². The summed E-state index contributed by atoms with van der Waals surface area (Å²) in [5.41, 5.74) is 3.24. The van der Waals surface area contributed by atoms with Crippen molar-refractivity contribution in [3.8, 4) is 0 Å². The minimum Gasteiger partial charge on any atom is -0.383 e. The number of nitrogens with one attached hydrogen (secondary N) is 1. The van der Waals surface area contributed by atoms with E-state index in [1.165, 1.54) is 4.90 Å². The van der Waals surface area contributed by atoms with Crippen LogP contribution >= 0.6 is 0 Å². The zero-order valence-electron chi connectivity index (χ0n) is 13.9. The first-order chi connectivity index (χ1) is 11.2. The topological polar surface area (TPSA) is 52.6 Å². The van der Waals surface area contributed by atoms with Crippen molar-refractivity contribution in [2.45, 2.75) is 45.5 Å². The summed E-state index contributed by atoms with van der Waals surface area (Å²) in [5, 5.41) is 12.1. The molecule has 1 saturated heterocycles. The number of hydrogen-bond donors (Lipinski definition) is 2. The largest absolute Gasteiger partial charge is 0.414 e. The van der Waals surface area contributed by atoms with Gasteiger partial charge in [-0.25, -0.2) is 4.79 Å². The van der Waals surface area contributed by atoms with Gasteiger partial charge in [0.25, 0.3) is 0 Å². The van der Waals surface area contributed by atoms with E-state index in [-0.39, 0.29) is 32.0 Å². The smallest absolute Gasteiger partial charge is 0.383 e. The van der Waals surface area contributed by atoms with Crippen LogP contribution in [0.5, 0.6) is 0 Å². The van der Waals surface area contributed by atoms with E-state index in [9.17, 15) is 23.1 Å². The number of carbonyl (C=O) groups excluding carboxylic acids is 1. The summed E-state index contributed by atoms with van der Waals surface area (Å²) in [4.78, 5) is 13.7. The molecule has 0 aromatic heterocycles. The molecule has 0 bridgehead atoms. The molecule has 2 N–H and O–H groups in total. The average molecular weight is 344 g/mol. The number of aryl methyl sites for hydroxylation is 2. The maximum Gasteiger partial charge on any atom is 0.414 e. The number of urea groups is 1. The zero-order chi connectivity index (χ0) is 17.9. The minimum atomic E-state index is -4.60. The number of aliphatic hydroxyl groups excluding tert-OH is 1. The van der Waals surface area contributed by atoms with Crippen LogP contribution in [0.3, 0.4) is 0 Å². The Balaban J connectivity index is 1.83. The number of rotatable bonds is 3. The zero-order valence-corrected chi connectivity index (χ0v) is 13.9. The fourth-order valence-corrected chi connectivity index (χ4v) is 3.01. The lowest BCUT2D eigenvalue weighted by atomic mass is 9.91. The second-order valence-electron chi connectivity index (χ2n) is 6.40. The van der Waals surface area contributed by atoms with E-state index < -0.39 is 18.2 Å². The van der Waals surface area contributed by atoms with Crippen LogP contribution in [0.15, 0.2) is 18.2 Å². The van der Waals surface area contributed by atoms with E-state index in [0.29, 0.717) is 6.54 Å². The van der Waals surface area contributed by atoms with E-state index in [1.807, 2.05) is 32.0 Å². The molecule has 2 rings (SSSR count). The van der Waals surface area contributed by atoms with Crippen molar-refractivity contribution in [2.75, 3.05) is 13.1 Å². The summed E-state index contributed by atoms with van der Waals surface area (Å²) in [6.07, 6.45) is -6.61. The summed E-state index contributed by atoms with van der Waals surface area (Å²) < 4.78 is 37.6. The molecule has 1 aromatic rings. The lowest BCUT2D eigenvalue weighted by Crippen LogP contribution is -2.48. The van der Waals surface area contributed by atoms with Gasteiger partial charge in [-0.2, -0.15) is 13.2 Å². The van der Waals surface area contributed by atoms with Crippen LogP contribution in [-0.2, 0) is 6.54 Å². The highest BCUT2D eigenvalue weighted by Crippen LogP contribution is 2.31. The van der Waals surface area contributed by atoms with Gasteiger partial charge < -0.3 is 15.3 Å². The van der Waals surface area contributed by atoms with Crippen molar-refractivity contribution in [1.29, 1.82) is 0 Å². The molecule has 0 saturated carbocycles. The number of halogens is 3. The number of aliphatic hydroxyl groups is 1. The molecule has 2 amide bonds. The fraction of sp³-hybridized carbons (Fsp3) is 0.588. The Labute approximate surface area is 139 Å². The van der Waals surface area contributed by atoms with Crippen LogP contribution in [0, 0.1) is 19.8 Å². The number of likely N-dealkylation sites (tertiary alicyclic amines) is 1. The van der Waals surface area contributed by atoms with Gasteiger partial charge in [0.05, 0.1) is 0 Å². The molecule has 0 spiro atoms. The Bertz CT molecular complexity index is 582. The van der Waals surface area contributed by atoms with Gasteiger partial charge in [0.2, 0.25) is 0 Å². The minimum absolute atomic E-state index is 0.150. The first-order valence-corrected chi connectivity index (χ1v) is 8.02. The summed E-state index contributed by atoms with van der Waals surface area (Å²) in [6.45, 7) is 4.79. The van der Waals surface area contributed by atoms with Gasteiger partial charge in [0.15, 0.2) is 6.10 Å². The SMILES string of the molecule is Cc1ccc(CNC(=O)N2CCC(C(O)C(F)(F)F)CC2)c(C)c1.